The van der Waals surface area contributed by atoms with Crippen molar-refractivity contribution >= 4 is 11.8 Å². The lowest BCUT2D eigenvalue weighted by molar-refractivity contribution is -0.129. The van der Waals surface area contributed by atoms with Crippen LogP contribution in [0.3, 0.4) is 0 Å². The number of aliphatic hydroxyl groups excluding tert-OH is 1. The molecule has 10 nitrogen and oxygen atoms in total. The number of methoxy groups -OCH3 is 1. The van der Waals surface area contributed by atoms with Crippen molar-refractivity contribution in [3.05, 3.63) is 141 Å². The first-order chi connectivity index (χ1) is 22.1. The Bertz CT molecular complexity index is 1670. The number of hydrogen-bond acceptors (Lipinski definition) is 7. The van der Waals surface area contributed by atoms with Crippen LogP contribution in [0.15, 0.2) is 113 Å². The van der Waals surface area contributed by atoms with Crippen LogP contribution in [-0.2, 0) is 29.0 Å². The third kappa shape index (κ3) is 7.44. The maximum Gasteiger partial charge on any atom is 0.252 e. The van der Waals surface area contributed by atoms with Crippen molar-refractivity contribution in [3.8, 4) is 11.5 Å². The van der Waals surface area contributed by atoms with Gasteiger partial charge in [-0.3, -0.25) is 4.79 Å². The summed E-state index contributed by atoms with van der Waals surface area (Å²) in [6, 6.07) is 32.0. The molecule has 1 aliphatic rings. The van der Waals surface area contributed by atoms with E-state index in [2.05, 4.69) is 15.3 Å². The minimum absolute atomic E-state index is 0.0504. The largest absolute Gasteiger partial charge is 0.497 e. The maximum absolute atomic E-state index is 14.5. The van der Waals surface area contributed by atoms with Gasteiger partial charge in [0.15, 0.2) is 11.6 Å². The summed E-state index contributed by atoms with van der Waals surface area (Å²) in [6.45, 7) is 0.880. The molecule has 0 fully saturated rings. The van der Waals surface area contributed by atoms with Gasteiger partial charge in [0.25, 0.3) is 5.91 Å². The van der Waals surface area contributed by atoms with E-state index >= 15 is 0 Å². The predicted octanol–water partition coefficient (Wildman–Crippen LogP) is 6.08. The Hall–Kier alpha value is -5.31. The van der Waals surface area contributed by atoms with Gasteiger partial charge in [-0.05, 0) is 64.2 Å². The SMILES string of the molecule is COc1cccc([C@H]2OC(c3ccc(OCCCO)cc3)=N[C@@]2(Cc2ccccc2CN=[N+]=[N-])C(=O)NCc2ccccc2)c1. The lowest BCUT2D eigenvalue weighted by atomic mass is 9.80. The van der Waals surface area contributed by atoms with E-state index in [-0.39, 0.29) is 25.5 Å². The fraction of sp³-hybridized carbons (Fsp3) is 0.257. The van der Waals surface area contributed by atoms with Crippen molar-refractivity contribution in [2.45, 2.75) is 37.6 Å². The lowest BCUT2D eigenvalue weighted by Crippen LogP contribution is -2.49. The minimum Gasteiger partial charge on any atom is -0.497 e. The van der Waals surface area contributed by atoms with E-state index in [0.29, 0.717) is 42.5 Å². The van der Waals surface area contributed by atoms with Crippen molar-refractivity contribution in [1.82, 2.24) is 5.32 Å². The summed E-state index contributed by atoms with van der Waals surface area (Å²) in [5.41, 5.74) is 11.5. The van der Waals surface area contributed by atoms with Gasteiger partial charge < -0.3 is 24.6 Å². The van der Waals surface area contributed by atoms with Crippen molar-refractivity contribution in [2.75, 3.05) is 20.3 Å². The van der Waals surface area contributed by atoms with Crippen LogP contribution >= 0.6 is 0 Å². The second-order valence-corrected chi connectivity index (χ2v) is 10.6. The molecule has 45 heavy (non-hydrogen) atoms. The fourth-order valence-electron chi connectivity index (χ4n) is 5.30. The van der Waals surface area contributed by atoms with Crippen LogP contribution < -0.4 is 14.8 Å². The molecular weight excluding hydrogens is 570 g/mol. The molecule has 0 unspecified atom stereocenters. The molecule has 230 valence electrons. The number of nitrogens with zero attached hydrogens (tertiary/aromatic N) is 4. The molecule has 2 N–H and O–H groups in total. The average molecular weight is 606 g/mol. The summed E-state index contributed by atoms with van der Waals surface area (Å²) >= 11 is 0. The van der Waals surface area contributed by atoms with E-state index in [1.165, 1.54) is 0 Å². The summed E-state index contributed by atoms with van der Waals surface area (Å²) in [5, 5.41) is 16.0. The highest BCUT2D eigenvalue weighted by Crippen LogP contribution is 2.43. The van der Waals surface area contributed by atoms with E-state index in [1.54, 1.807) is 7.11 Å². The molecule has 0 aromatic heterocycles. The van der Waals surface area contributed by atoms with Crippen molar-refractivity contribution in [1.29, 1.82) is 0 Å². The zero-order chi connectivity index (χ0) is 31.5. The number of benzene rings is 4. The molecule has 0 aliphatic carbocycles. The third-order valence-corrected chi connectivity index (χ3v) is 7.61. The molecule has 2 atom stereocenters. The normalized spacial score (nSPS) is 17.0. The molecule has 0 saturated carbocycles. The molecule has 1 amide bonds. The van der Waals surface area contributed by atoms with Crippen molar-refractivity contribution in [3.63, 3.8) is 0 Å². The van der Waals surface area contributed by atoms with Crippen LogP contribution in [0.4, 0.5) is 0 Å². The van der Waals surface area contributed by atoms with Gasteiger partial charge in [0.2, 0.25) is 5.90 Å². The number of amides is 1. The Morgan fingerprint density at radius 2 is 1.76 bits per heavy atom. The van der Waals surface area contributed by atoms with E-state index < -0.39 is 11.6 Å². The minimum atomic E-state index is -1.43. The van der Waals surface area contributed by atoms with Gasteiger partial charge >= 0.3 is 0 Å². The first-order valence-corrected chi connectivity index (χ1v) is 14.7. The van der Waals surface area contributed by atoms with Gasteiger partial charge in [0.1, 0.15) is 11.5 Å². The Morgan fingerprint density at radius 3 is 2.49 bits per heavy atom. The molecule has 0 saturated heterocycles. The Morgan fingerprint density at radius 1 is 1.00 bits per heavy atom. The number of carbonyl (C=O) groups excluding carboxylic acids is 1. The molecule has 0 bridgehead atoms. The molecule has 1 aliphatic heterocycles. The van der Waals surface area contributed by atoms with E-state index in [0.717, 1.165) is 22.3 Å². The molecule has 4 aromatic rings. The molecular formula is C35H35N5O5. The topological polar surface area (TPSA) is 138 Å². The van der Waals surface area contributed by atoms with Crippen LogP contribution in [0.25, 0.3) is 10.4 Å². The fourth-order valence-corrected chi connectivity index (χ4v) is 5.30. The molecule has 10 heteroatoms. The maximum atomic E-state index is 14.5. The smallest absolute Gasteiger partial charge is 0.252 e. The van der Waals surface area contributed by atoms with Crippen LogP contribution in [0.2, 0.25) is 0 Å². The average Bonchev–Trinajstić information content (AvgIpc) is 3.48. The van der Waals surface area contributed by atoms with Crippen molar-refractivity contribution < 1.29 is 24.1 Å². The summed E-state index contributed by atoms with van der Waals surface area (Å²) < 4.78 is 17.9. The Labute approximate surface area is 261 Å². The number of rotatable bonds is 14. The van der Waals surface area contributed by atoms with Crippen LogP contribution in [0.1, 0.15) is 40.3 Å². The van der Waals surface area contributed by atoms with Gasteiger partial charge in [-0.15, -0.1) is 0 Å². The number of aliphatic imine (C=N–C) groups is 1. The highest BCUT2D eigenvalue weighted by molar-refractivity contribution is 6.01. The van der Waals surface area contributed by atoms with Gasteiger partial charge in [0, 0.05) is 36.5 Å². The Balaban J connectivity index is 1.60. The number of nitrogens with one attached hydrogen (secondary N) is 1. The van der Waals surface area contributed by atoms with Gasteiger partial charge in [-0.2, -0.15) is 0 Å². The van der Waals surface area contributed by atoms with Crippen LogP contribution in [0.5, 0.6) is 11.5 Å². The number of hydrogen-bond donors (Lipinski definition) is 2. The predicted molar refractivity (Wildman–Crippen MR) is 171 cm³/mol. The standard InChI is InChI=1S/C35H35N5O5/c1-43-31-14-7-13-27(21-31)32-35(34(42)37-23-25-9-3-2-4-10-25,22-28-11-5-6-12-29(28)24-38-40-36)39-33(45-32)26-15-17-30(18-16-26)44-20-8-19-41/h2-7,9-18,21,32,41H,8,19-20,22-24H2,1H3,(H,37,42)/t32-,35-/m1/s1. The summed E-state index contributed by atoms with van der Waals surface area (Å²) in [4.78, 5) is 22.6. The van der Waals surface area contributed by atoms with Gasteiger partial charge in [0.05, 0.1) is 20.3 Å². The molecule has 5 rings (SSSR count). The summed E-state index contributed by atoms with van der Waals surface area (Å²) in [6.07, 6.45) is -0.105. The number of carbonyl (C=O) groups is 1. The highest BCUT2D eigenvalue weighted by atomic mass is 16.5. The molecule has 1 heterocycles. The number of ether oxygens (including phenoxy) is 3. The first kappa shape index (κ1) is 31.1. The molecule has 0 radical (unpaired) electrons. The second-order valence-electron chi connectivity index (χ2n) is 10.6. The Kier molecular flexibility index (Phi) is 10.3. The van der Waals surface area contributed by atoms with E-state index in [4.69, 9.17) is 29.8 Å². The highest BCUT2D eigenvalue weighted by Gasteiger charge is 2.53. The second kappa shape index (κ2) is 14.9. The zero-order valence-electron chi connectivity index (χ0n) is 25.0. The van der Waals surface area contributed by atoms with Crippen LogP contribution in [0, 0.1) is 0 Å². The van der Waals surface area contributed by atoms with Gasteiger partial charge in [-0.1, -0.05) is 71.8 Å². The zero-order valence-corrected chi connectivity index (χ0v) is 25.0. The van der Waals surface area contributed by atoms with E-state index in [9.17, 15) is 4.79 Å². The molecule has 4 aromatic carbocycles. The number of aliphatic hydroxyl groups is 1. The van der Waals surface area contributed by atoms with E-state index in [1.807, 2.05) is 103 Å². The first-order valence-electron chi connectivity index (χ1n) is 14.7. The quantitative estimate of drug-likeness (QED) is 0.0776. The van der Waals surface area contributed by atoms with Crippen LogP contribution in [-0.4, -0.2) is 42.8 Å². The number of azide groups is 1. The summed E-state index contributed by atoms with van der Waals surface area (Å²) in [7, 11) is 1.59. The van der Waals surface area contributed by atoms with Crippen molar-refractivity contribution in [2.24, 2.45) is 10.1 Å². The summed E-state index contributed by atoms with van der Waals surface area (Å²) in [5.74, 6) is 1.27. The third-order valence-electron chi connectivity index (χ3n) is 7.61. The molecule has 0 spiro atoms. The monoisotopic (exact) mass is 605 g/mol. The van der Waals surface area contributed by atoms with Gasteiger partial charge in [-0.25, -0.2) is 4.99 Å². The lowest BCUT2D eigenvalue weighted by Gasteiger charge is -2.31.